The first-order valence-electron chi connectivity index (χ1n) is 9.81. The van der Waals surface area contributed by atoms with E-state index in [-0.39, 0.29) is 23.8 Å². The number of carbonyl (C=O) groups excluding carboxylic acids is 2. The minimum Gasteiger partial charge on any atom is -0.368 e. The Balaban J connectivity index is 1.26. The van der Waals surface area contributed by atoms with Gasteiger partial charge in [0.05, 0.1) is 17.9 Å². The van der Waals surface area contributed by atoms with Crippen molar-refractivity contribution in [3.63, 3.8) is 0 Å². The van der Waals surface area contributed by atoms with Crippen molar-refractivity contribution in [2.75, 3.05) is 26.7 Å². The molecular weight excluding hydrogens is 332 g/mol. The van der Waals surface area contributed by atoms with Gasteiger partial charge in [-0.3, -0.25) is 14.7 Å². The third-order valence-electron chi connectivity index (χ3n) is 5.79. The van der Waals surface area contributed by atoms with Crippen molar-refractivity contribution in [1.82, 2.24) is 20.0 Å². The smallest absolute Gasteiger partial charge is 0.251 e. The second-order valence-electron chi connectivity index (χ2n) is 7.89. The van der Waals surface area contributed by atoms with Crippen LogP contribution in [0.4, 0.5) is 0 Å². The van der Waals surface area contributed by atoms with E-state index in [1.807, 2.05) is 11.9 Å². The molecule has 1 atom stereocenters. The molecule has 3 aliphatic rings. The molecule has 2 aliphatic heterocycles. The van der Waals surface area contributed by atoms with Crippen LogP contribution in [0.5, 0.6) is 0 Å². The monoisotopic (exact) mass is 360 g/mol. The highest BCUT2D eigenvalue weighted by Gasteiger charge is 2.33. The molecule has 2 amide bonds. The number of carbonyl (C=O) groups is 2. The molecule has 3 heterocycles. The standard InChI is InChI=1S/C19H28N4O3/c1-22(12-15-11-16(21-20-15)13-4-5-13)18(24)14-6-8-23(9-7-14)19(25)17-3-2-10-26-17/h11,13-14,17H,2-10,12H2,1H3,(H,20,21). The molecule has 142 valence electrons. The van der Waals surface area contributed by atoms with Gasteiger partial charge in [-0.15, -0.1) is 0 Å². The maximum atomic E-state index is 12.8. The molecule has 1 aromatic heterocycles. The zero-order valence-electron chi connectivity index (χ0n) is 15.4. The average molecular weight is 360 g/mol. The fourth-order valence-corrected chi connectivity index (χ4v) is 4.02. The molecule has 1 unspecified atom stereocenters. The van der Waals surface area contributed by atoms with E-state index in [0.29, 0.717) is 32.2 Å². The van der Waals surface area contributed by atoms with E-state index in [2.05, 4.69) is 16.3 Å². The Kier molecular flexibility index (Phi) is 4.98. The van der Waals surface area contributed by atoms with E-state index in [4.69, 9.17) is 4.74 Å². The van der Waals surface area contributed by atoms with E-state index in [1.54, 1.807) is 4.90 Å². The van der Waals surface area contributed by atoms with Gasteiger partial charge < -0.3 is 14.5 Å². The Labute approximate surface area is 154 Å². The van der Waals surface area contributed by atoms with Crippen LogP contribution in [0.1, 0.15) is 55.8 Å². The average Bonchev–Trinajstić information content (AvgIpc) is 3.17. The summed E-state index contributed by atoms with van der Waals surface area (Å²) in [5.41, 5.74) is 2.12. The molecule has 4 rings (SSSR count). The molecule has 3 fully saturated rings. The van der Waals surface area contributed by atoms with Gasteiger partial charge in [-0.25, -0.2) is 0 Å². The summed E-state index contributed by atoms with van der Waals surface area (Å²) in [7, 11) is 1.85. The van der Waals surface area contributed by atoms with Crippen molar-refractivity contribution < 1.29 is 14.3 Å². The number of likely N-dealkylation sites (tertiary alicyclic amines) is 1. The van der Waals surface area contributed by atoms with Crippen molar-refractivity contribution in [2.45, 2.75) is 57.1 Å². The van der Waals surface area contributed by atoms with Gasteiger partial charge in [0.2, 0.25) is 5.91 Å². The highest BCUT2D eigenvalue weighted by Crippen LogP contribution is 2.39. The number of nitrogens with one attached hydrogen (secondary N) is 1. The maximum absolute atomic E-state index is 12.8. The maximum Gasteiger partial charge on any atom is 0.251 e. The molecule has 0 bridgehead atoms. The van der Waals surface area contributed by atoms with Gasteiger partial charge in [0.1, 0.15) is 6.10 Å². The van der Waals surface area contributed by atoms with Crippen LogP contribution < -0.4 is 0 Å². The first kappa shape index (κ1) is 17.5. The summed E-state index contributed by atoms with van der Waals surface area (Å²) in [6.45, 7) is 2.55. The van der Waals surface area contributed by atoms with Gasteiger partial charge >= 0.3 is 0 Å². The molecule has 7 heteroatoms. The molecule has 0 radical (unpaired) electrons. The molecule has 1 aliphatic carbocycles. The molecule has 1 N–H and O–H groups in total. The number of H-pyrrole nitrogens is 1. The number of aromatic nitrogens is 2. The minimum absolute atomic E-state index is 0.000583. The van der Waals surface area contributed by atoms with E-state index in [0.717, 1.165) is 37.1 Å². The summed E-state index contributed by atoms with van der Waals surface area (Å²) in [6, 6.07) is 2.09. The first-order valence-corrected chi connectivity index (χ1v) is 9.81. The highest BCUT2D eigenvalue weighted by atomic mass is 16.5. The van der Waals surface area contributed by atoms with Gasteiger partial charge in [-0.1, -0.05) is 0 Å². The summed E-state index contributed by atoms with van der Waals surface area (Å²) in [5.74, 6) is 0.884. The van der Waals surface area contributed by atoms with Crippen LogP contribution in [0.3, 0.4) is 0 Å². The second kappa shape index (κ2) is 7.39. The zero-order valence-corrected chi connectivity index (χ0v) is 15.4. The van der Waals surface area contributed by atoms with E-state index in [1.165, 1.54) is 12.8 Å². The van der Waals surface area contributed by atoms with Gasteiger partial charge in [0.25, 0.3) is 5.91 Å². The lowest BCUT2D eigenvalue weighted by Crippen LogP contribution is -2.46. The van der Waals surface area contributed by atoms with Crippen molar-refractivity contribution in [3.8, 4) is 0 Å². The summed E-state index contributed by atoms with van der Waals surface area (Å²) in [4.78, 5) is 28.8. The van der Waals surface area contributed by atoms with Crippen LogP contribution in [0.15, 0.2) is 6.07 Å². The first-order chi connectivity index (χ1) is 12.6. The summed E-state index contributed by atoms with van der Waals surface area (Å²) in [6.07, 6.45) is 5.45. The number of piperidine rings is 1. The van der Waals surface area contributed by atoms with Crippen molar-refractivity contribution in [3.05, 3.63) is 17.5 Å². The largest absolute Gasteiger partial charge is 0.368 e. The summed E-state index contributed by atoms with van der Waals surface area (Å²) >= 11 is 0. The molecule has 2 saturated heterocycles. The number of hydrogen-bond donors (Lipinski definition) is 1. The summed E-state index contributed by atoms with van der Waals surface area (Å²) < 4.78 is 5.49. The Hall–Kier alpha value is -1.89. The van der Waals surface area contributed by atoms with Crippen LogP contribution >= 0.6 is 0 Å². The third-order valence-corrected chi connectivity index (χ3v) is 5.79. The molecule has 1 aromatic rings. The van der Waals surface area contributed by atoms with Crippen LogP contribution in [-0.4, -0.2) is 64.7 Å². The molecule has 0 aromatic carbocycles. The van der Waals surface area contributed by atoms with E-state index >= 15 is 0 Å². The quantitative estimate of drug-likeness (QED) is 0.866. The van der Waals surface area contributed by atoms with Crippen molar-refractivity contribution in [2.24, 2.45) is 5.92 Å². The number of aromatic amines is 1. The Morgan fingerprint density at radius 2 is 2.04 bits per heavy atom. The van der Waals surface area contributed by atoms with Crippen LogP contribution in [0.2, 0.25) is 0 Å². The zero-order chi connectivity index (χ0) is 18.1. The number of rotatable bonds is 5. The van der Waals surface area contributed by atoms with Gasteiger partial charge in [-0.05, 0) is 44.6 Å². The number of nitrogens with zero attached hydrogens (tertiary/aromatic N) is 3. The van der Waals surface area contributed by atoms with Gasteiger partial charge in [0, 0.05) is 38.6 Å². The van der Waals surface area contributed by atoms with Crippen molar-refractivity contribution >= 4 is 11.8 Å². The molecule has 26 heavy (non-hydrogen) atoms. The van der Waals surface area contributed by atoms with Gasteiger partial charge in [-0.2, -0.15) is 5.10 Å². The lowest BCUT2D eigenvalue weighted by atomic mass is 9.95. The molecule has 7 nitrogen and oxygen atoms in total. The molecule has 0 spiro atoms. The Morgan fingerprint density at radius 3 is 2.69 bits per heavy atom. The van der Waals surface area contributed by atoms with Crippen LogP contribution in [0, 0.1) is 5.92 Å². The summed E-state index contributed by atoms with van der Waals surface area (Å²) in [5, 5.41) is 7.41. The Bertz CT molecular complexity index is 655. The van der Waals surface area contributed by atoms with Gasteiger partial charge in [0.15, 0.2) is 0 Å². The predicted octanol–water partition coefficient (Wildman–Crippen LogP) is 1.66. The van der Waals surface area contributed by atoms with Crippen LogP contribution in [-0.2, 0) is 20.9 Å². The Morgan fingerprint density at radius 1 is 1.27 bits per heavy atom. The fourth-order valence-electron chi connectivity index (χ4n) is 4.02. The highest BCUT2D eigenvalue weighted by molar-refractivity contribution is 5.82. The fraction of sp³-hybridized carbons (Fsp3) is 0.737. The van der Waals surface area contributed by atoms with E-state index in [9.17, 15) is 9.59 Å². The number of hydrogen-bond acceptors (Lipinski definition) is 4. The van der Waals surface area contributed by atoms with Crippen LogP contribution in [0.25, 0.3) is 0 Å². The van der Waals surface area contributed by atoms with Crippen molar-refractivity contribution in [1.29, 1.82) is 0 Å². The lowest BCUT2D eigenvalue weighted by molar-refractivity contribution is -0.145. The normalized spacial score (nSPS) is 24.0. The molecule has 1 saturated carbocycles. The third kappa shape index (κ3) is 3.77. The predicted molar refractivity (Wildman–Crippen MR) is 95.3 cm³/mol. The number of ether oxygens (including phenoxy) is 1. The van der Waals surface area contributed by atoms with E-state index < -0.39 is 0 Å². The second-order valence-corrected chi connectivity index (χ2v) is 7.89. The minimum atomic E-state index is -0.258. The molecular formula is C19H28N4O3. The number of amides is 2. The SMILES string of the molecule is CN(Cc1cc(C2CC2)n[nH]1)C(=O)C1CCN(C(=O)C2CCCO2)CC1. The lowest BCUT2D eigenvalue weighted by Gasteiger charge is -2.34. The topological polar surface area (TPSA) is 78.5 Å².